The predicted octanol–water partition coefficient (Wildman–Crippen LogP) is 4.55. The van der Waals surface area contributed by atoms with Gasteiger partial charge in [0.2, 0.25) is 0 Å². The van der Waals surface area contributed by atoms with Crippen LogP contribution in [0.3, 0.4) is 0 Å². The van der Waals surface area contributed by atoms with Crippen LogP contribution in [0.2, 0.25) is 0 Å². The minimum absolute atomic E-state index is 0.265. The number of hydrogen-bond donors (Lipinski definition) is 1. The Morgan fingerprint density at radius 3 is 2.81 bits per heavy atom. The molecule has 0 saturated heterocycles. The molecule has 0 spiro atoms. The second-order valence-corrected chi connectivity index (χ2v) is 8.77. The molecule has 3 aromatic rings. The van der Waals surface area contributed by atoms with Crippen molar-refractivity contribution < 1.29 is 13.7 Å². The van der Waals surface area contributed by atoms with Gasteiger partial charge in [-0.2, -0.15) is 11.8 Å². The summed E-state index contributed by atoms with van der Waals surface area (Å²) < 4.78 is 20.9. The highest BCUT2D eigenvalue weighted by Crippen LogP contribution is 2.26. The molecule has 7 heteroatoms. The van der Waals surface area contributed by atoms with Crippen molar-refractivity contribution in [3.05, 3.63) is 47.5 Å². The molecular formula is C19H22ClFN3OS+. The normalized spacial score (nSPS) is 11.9. The fourth-order valence-corrected chi connectivity index (χ4v) is 4.12. The van der Waals surface area contributed by atoms with E-state index in [0.717, 1.165) is 34.0 Å². The summed E-state index contributed by atoms with van der Waals surface area (Å²) in [4.78, 5) is 7.54. The van der Waals surface area contributed by atoms with E-state index in [1.54, 1.807) is 24.9 Å². The van der Waals surface area contributed by atoms with Crippen molar-refractivity contribution in [2.24, 2.45) is 0 Å². The second-order valence-electron chi connectivity index (χ2n) is 6.76. The molecule has 1 N–H and O–H groups in total. The smallest absolute Gasteiger partial charge is 0.402 e. The molecule has 2 aromatic heterocycles. The van der Waals surface area contributed by atoms with Crippen molar-refractivity contribution in [2.45, 2.75) is 31.4 Å². The van der Waals surface area contributed by atoms with Gasteiger partial charge in [0.25, 0.3) is 0 Å². The number of pyridine rings is 1. The van der Waals surface area contributed by atoms with Crippen LogP contribution in [-0.2, 0) is 5.75 Å². The van der Waals surface area contributed by atoms with E-state index < -0.39 is 0 Å². The number of aromatic amines is 1. The van der Waals surface area contributed by atoms with Gasteiger partial charge >= 0.3 is 5.95 Å². The number of alkyl halides is 1. The van der Waals surface area contributed by atoms with E-state index in [-0.39, 0.29) is 10.7 Å². The fourth-order valence-electron chi connectivity index (χ4n) is 2.75. The minimum atomic E-state index is -0.288. The van der Waals surface area contributed by atoms with Crippen LogP contribution >= 0.6 is 23.4 Å². The molecule has 0 saturated carbocycles. The third kappa shape index (κ3) is 4.13. The topological polar surface area (TPSA) is 41.8 Å². The Morgan fingerprint density at radius 1 is 1.35 bits per heavy atom. The number of benzene rings is 1. The molecule has 0 atom stereocenters. The molecule has 0 aliphatic heterocycles. The maximum absolute atomic E-state index is 13.5. The number of ether oxygens (including phenoxy) is 1. The average molecular weight is 395 g/mol. The highest BCUT2D eigenvalue weighted by Gasteiger charge is 2.22. The van der Waals surface area contributed by atoms with Crippen LogP contribution in [0.25, 0.3) is 17.0 Å². The first-order chi connectivity index (χ1) is 12.3. The van der Waals surface area contributed by atoms with Crippen LogP contribution in [-0.4, -0.2) is 27.7 Å². The quantitative estimate of drug-likeness (QED) is 0.492. The summed E-state index contributed by atoms with van der Waals surface area (Å²) in [5.41, 5.74) is 3.50. The number of rotatable bonds is 6. The molecular weight excluding hydrogens is 373 g/mol. The van der Waals surface area contributed by atoms with Crippen molar-refractivity contribution >= 4 is 34.4 Å². The summed E-state index contributed by atoms with van der Waals surface area (Å²) in [7, 11) is 1.66. The second kappa shape index (κ2) is 7.45. The Morgan fingerprint density at radius 2 is 2.12 bits per heavy atom. The number of aromatic nitrogens is 3. The van der Waals surface area contributed by atoms with Crippen molar-refractivity contribution in [3.8, 4) is 11.7 Å². The van der Waals surface area contributed by atoms with Crippen LogP contribution in [0.5, 0.6) is 5.75 Å². The number of H-pyrrole nitrogens is 1. The molecule has 1 aromatic carbocycles. The van der Waals surface area contributed by atoms with E-state index in [1.807, 2.05) is 37.6 Å². The number of nitrogens with one attached hydrogen (secondary N) is 1. The molecule has 0 amide bonds. The zero-order valence-corrected chi connectivity index (χ0v) is 16.8. The molecule has 4 nitrogen and oxygen atoms in total. The summed E-state index contributed by atoms with van der Waals surface area (Å²) in [6.07, 6.45) is 1.92. The molecule has 0 bridgehead atoms. The number of hydrogen-bond acceptors (Lipinski definition) is 3. The molecule has 0 radical (unpaired) electrons. The molecule has 138 valence electrons. The Kier molecular flexibility index (Phi) is 5.44. The number of nitrogens with zero attached hydrogens (tertiary/aromatic N) is 2. The van der Waals surface area contributed by atoms with Crippen LogP contribution in [0.4, 0.5) is 4.39 Å². The molecule has 0 unspecified atom stereocenters. The Labute approximate surface area is 161 Å². The van der Waals surface area contributed by atoms with Crippen molar-refractivity contribution in [1.29, 1.82) is 0 Å². The number of imidazole rings is 1. The lowest BCUT2D eigenvalue weighted by atomic mass is 10.2. The van der Waals surface area contributed by atoms with Crippen LogP contribution in [0.1, 0.15) is 25.1 Å². The van der Waals surface area contributed by atoms with Crippen LogP contribution in [0, 0.1) is 12.7 Å². The first-order valence-electron chi connectivity index (χ1n) is 8.29. The lowest BCUT2D eigenvalue weighted by Crippen LogP contribution is -2.37. The van der Waals surface area contributed by atoms with Gasteiger partial charge in [-0.05, 0) is 32.9 Å². The summed E-state index contributed by atoms with van der Waals surface area (Å²) in [6.45, 7) is 6.03. The SMILES string of the molecule is COc1cc[n+](-c2nc3ccc(F)cc3[nH]2)c(CSCC(C)(C)Cl)c1C. The average Bonchev–Trinajstić information content (AvgIpc) is 2.97. The van der Waals surface area contributed by atoms with E-state index in [4.69, 9.17) is 16.3 Å². The van der Waals surface area contributed by atoms with E-state index in [1.165, 1.54) is 12.1 Å². The summed E-state index contributed by atoms with van der Waals surface area (Å²) in [6, 6.07) is 6.44. The van der Waals surface area contributed by atoms with Crippen molar-refractivity contribution in [2.75, 3.05) is 12.9 Å². The van der Waals surface area contributed by atoms with Gasteiger partial charge in [0.15, 0.2) is 5.52 Å². The van der Waals surface area contributed by atoms with Crippen LogP contribution in [0.15, 0.2) is 30.5 Å². The van der Waals surface area contributed by atoms with E-state index >= 15 is 0 Å². The number of thioether (sulfide) groups is 1. The molecule has 26 heavy (non-hydrogen) atoms. The van der Waals surface area contributed by atoms with E-state index in [0.29, 0.717) is 11.5 Å². The molecule has 2 heterocycles. The highest BCUT2D eigenvalue weighted by molar-refractivity contribution is 7.98. The summed E-state index contributed by atoms with van der Waals surface area (Å²) in [5, 5.41) is 0. The van der Waals surface area contributed by atoms with Gasteiger partial charge in [-0.1, -0.05) is 4.98 Å². The molecule has 0 aliphatic rings. The summed E-state index contributed by atoms with van der Waals surface area (Å²) in [5.74, 6) is 2.76. The zero-order valence-electron chi connectivity index (χ0n) is 15.3. The Balaban J connectivity index is 2.02. The lowest BCUT2D eigenvalue weighted by molar-refractivity contribution is -0.610. The number of fused-ring (bicyclic) bond motifs is 1. The highest BCUT2D eigenvalue weighted by atomic mass is 35.5. The third-order valence-corrected chi connectivity index (χ3v) is 5.73. The number of methoxy groups -OCH3 is 1. The minimum Gasteiger partial charge on any atom is -0.496 e. The lowest BCUT2D eigenvalue weighted by Gasteiger charge is -2.16. The maximum atomic E-state index is 13.5. The fraction of sp³-hybridized carbons (Fsp3) is 0.368. The Bertz CT molecular complexity index is 936. The Hall–Kier alpha value is -1.79. The van der Waals surface area contributed by atoms with Gasteiger partial charge in [-0.25, -0.2) is 13.9 Å². The first-order valence-corrected chi connectivity index (χ1v) is 9.82. The van der Waals surface area contributed by atoms with Gasteiger partial charge in [0.05, 0.1) is 13.3 Å². The maximum Gasteiger partial charge on any atom is 0.402 e. The van der Waals surface area contributed by atoms with E-state index in [9.17, 15) is 4.39 Å². The summed E-state index contributed by atoms with van der Waals surface area (Å²) >= 11 is 8.07. The van der Waals surface area contributed by atoms with Crippen molar-refractivity contribution in [1.82, 2.24) is 9.97 Å². The van der Waals surface area contributed by atoms with Gasteiger partial charge in [-0.15, -0.1) is 11.6 Å². The molecule has 3 rings (SSSR count). The molecule has 0 aliphatic carbocycles. The molecule has 0 fully saturated rings. The predicted molar refractivity (Wildman–Crippen MR) is 105 cm³/mol. The van der Waals surface area contributed by atoms with Gasteiger partial charge in [0.1, 0.15) is 22.8 Å². The van der Waals surface area contributed by atoms with Crippen molar-refractivity contribution in [3.63, 3.8) is 0 Å². The van der Waals surface area contributed by atoms with Gasteiger partial charge < -0.3 is 4.74 Å². The number of halogens is 2. The van der Waals surface area contributed by atoms with Gasteiger partial charge in [0, 0.05) is 34.1 Å². The van der Waals surface area contributed by atoms with E-state index in [2.05, 4.69) is 9.97 Å². The third-order valence-electron chi connectivity index (χ3n) is 4.03. The van der Waals surface area contributed by atoms with Crippen LogP contribution < -0.4 is 9.30 Å². The zero-order chi connectivity index (χ0) is 18.9. The standard InChI is InChI=1S/C19H22ClFN3OS/c1-12-16(10-26-11-19(2,3)20)24(8-7-17(12)25-4)18-22-14-6-5-13(21)9-15(14)23-18/h5-9H,10-11H2,1-4H3,(H,22,23)/q+1. The first kappa shape index (κ1) is 19.0. The monoisotopic (exact) mass is 394 g/mol. The van der Waals surface area contributed by atoms with Gasteiger partial charge in [-0.3, -0.25) is 0 Å². The largest absolute Gasteiger partial charge is 0.496 e.